The molecule has 0 unspecified atom stereocenters. The molecule has 1 amide bonds. The van der Waals surface area contributed by atoms with E-state index in [1.807, 2.05) is 30.5 Å². The predicted molar refractivity (Wildman–Crippen MR) is 115 cm³/mol. The summed E-state index contributed by atoms with van der Waals surface area (Å²) in [7, 11) is 0. The number of aryl methyl sites for hydroxylation is 1. The van der Waals surface area contributed by atoms with Crippen molar-refractivity contribution >= 4 is 22.6 Å². The summed E-state index contributed by atoms with van der Waals surface area (Å²) in [5.41, 5.74) is 4.99. The van der Waals surface area contributed by atoms with Crippen LogP contribution in [0.5, 0.6) is 0 Å². The van der Waals surface area contributed by atoms with Crippen molar-refractivity contribution < 1.29 is 4.79 Å². The Morgan fingerprint density at radius 3 is 2.79 bits per heavy atom. The number of nitrogens with one attached hydrogen (secondary N) is 3. The second-order valence-electron chi connectivity index (χ2n) is 6.99. The third-order valence-electron chi connectivity index (χ3n) is 4.80. The number of para-hydroxylation sites is 1. The lowest BCUT2D eigenvalue weighted by atomic mass is 10.1. The molecule has 4 aromatic rings. The van der Waals surface area contributed by atoms with Crippen LogP contribution in [0.2, 0.25) is 0 Å². The summed E-state index contributed by atoms with van der Waals surface area (Å²) in [6.45, 7) is 3.26. The van der Waals surface area contributed by atoms with Crippen LogP contribution in [0.4, 0.5) is 5.82 Å². The van der Waals surface area contributed by atoms with Crippen molar-refractivity contribution in [1.82, 2.24) is 20.3 Å². The van der Waals surface area contributed by atoms with Gasteiger partial charge in [-0.2, -0.15) is 0 Å². The maximum Gasteiger partial charge on any atom is 0.271 e. The Kier molecular flexibility index (Phi) is 5.52. The number of aromatic amines is 1. The molecule has 0 aliphatic heterocycles. The van der Waals surface area contributed by atoms with Crippen LogP contribution in [-0.4, -0.2) is 27.4 Å². The largest absolute Gasteiger partial charge is 0.365 e. The van der Waals surface area contributed by atoms with Crippen LogP contribution in [-0.2, 0) is 13.0 Å². The van der Waals surface area contributed by atoms with Gasteiger partial charge < -0.3 is 15.6 Å². The minimum atomic E-state index is -0.220. The molecule has 0 saturated heterocycles. The van der Waals surface area contributed by atoms with E-state index in [1.165, 1.54) is 28.3 Å². The van der Waals surface area contributed by atoms with Crippen molar-refractivity contribution in [3.05, 3.63) is 89.5 Å². The summed E-state index contributed by atoms with van der Waals surface area (Å²) in [6.07, 6.45) is 5.83. The first-order valence-corrected chi connectivity index (χ1v) is 9.64. The maximum atomic E-state index is 12.3. The normalized spacial score (nSPS) is 10.8. The van der Waals surface area contributed by atoms with Gasteiger partial charge in [0, 0.05) is 30.2 Å². The van der Waals surface area contributed by atoms with E-state index in [1.54, 1.807) is 6.20 Å². The number of hydrogen-bond acceptors (Lipinski definition) is 4. The van der Waals surface area contributed by atoms with Gasteiger partial charge in [-0.3, -0.25) is 4.79 Å². The SMILES string of the molecule is Cc1cccc(CNc2cnc(C(=O)NCCc3c[nH]c4ccccc34)cn2)c1. The van der Waals surface area contributed by atoms with Crippen LogP contribution in [0.25, 0.3) is 10.9 Å². The molecule has 0 aliphatic rings. The average Bonchev–Trinajstić information content (AvgIpc) is 3.16. The van der Waals surface area contributed by atoms with E-state index in [0.29, 0.717) is 24.6 Å². The molecule has 2 aromatic heterocycles. The zero-order chi connectivity index (χ0) is 20.1. The van der Waals surface area contributed by atoms with Crippen LogP contribution in [0, 0.1) is 6.92 Å². The highest BCUT2D eigenvalue weighted by atomic mass is 16.1. The molecule has 0 saturated carbocycles. The fourth-order valence-electron chi connectivity index (χ4n) is 3.29. The van der Waals surface area contributed by atoms with E-state index in [9.17, 15) is 4.79 Å². The van der Waals surface area contributed by atoms with E-state index in [0.717, 1.165) is 11.9 Å². The molecule has 0 fully saturated rings. The van der Waals surface area contributed by atoms with E-state index in [4.69, 9.17) is 0 Å². The minimum Gasteiger partial charge on any atom is -0.365 e. The van der Waals surface area contributed by atoms with Crippen LogP contribution >= 0.6 is 0 Å². The number of carbonyl (C=O) groups excluding carboxylic acids is 1. The smallest absolute Gasteiger partial charge is 0.271 e. The number of carbonyl (C=O) groups is 1. The Morgan fingerprint density at radius 1 is 1.07 bits per heavy atom. The summed E-state index contributed by atoms with van der Waals surface area (Å²) in [4.78, 5) is 24.1. The zero-order valence-corrected chi connectivity index (χ0v) is 16.3. The van der Waals surface area contributed by atoms with Crippen molar-refractivity contribution in [2.45, 2.75) is 19.9 Å². The minimum absolute atomic E-state index is 0.220. The van der Waals surface area contributed by atoms with E-state index in [-0.39, 0.29) is 5.91 Å². The summed E-state index contributed by atoms with van der Waals surface area (Å²) in [5, 5.41) is 7.32. The molecule has 0 radical (unpaired) electrons. The number of fused-ring (bicyclic) bond motifs is 1. The summed E-state index contributed by atoms with van der Waals surface area (Å²) in [6, 6.07) is 16.4. The molecule has 0 spiro atoms. The van der Waals surface area contributed by atoms with Crippen LogP contribution < -0.4 is 10.6 Å². The molecule has 4 rings (SSSR count). The number of rotatable bonds is 7. The number of anilines is 1. The number of hydrogen-bond donors (Lipinski definition) is 3. The highest BCUT2D eigenvalue weighted by molar-refractivity contribution is 5.92. The Labute approximate surface area is 169 Å². The van der Waals surface area contributed by atoms with Crippen molar-refractivity contribution in [3.8, 4) is 0 Å². The Bertz CT molecular complexity index is 1120. The molecule has 0 atom stereocenters. The molecular formula is C23H23N5O. The standard InChI is InChI=1S/C23H23N5O/c1-16-5-4-6-17(11-16)12-27-22-15-26-21(14-28-22)23(29)24-10-9-18-13-25-20-8-3-2-7-19(18)20/h2-8,11,13-15,25H,9-10,12H2,1H3,(H,24,29)(H,27,28). The Hall–Kier alpha value is -3.67. The molecule has 0 aliphatic carbocycles. The average molecular weight is 385 g/mol. The summed E-state index contributed by atoms with van der Waals surface area (Å²) >= 11 is 0. The molecule has 3 N–H and O–H groups in total. The molecule has 6 nitrogen and oxygen atoms in total. The molecular weight excluding hydrogens is 362 g/mol. The van der Waals surface area contributed by atoms with Crippen molar-refractivity contribution in [3.63, 3.8) is 0 Å². The monoisotopic (exact) mass is 385 g/mol. The summed E-state index contributed by atoms with van der Waals surface area (Å²) < 4.78 is 0. The van der Waals surface area contributed by atoms with Crippen LogP contribution in [0.3, 0.4) is 0 Å². The van der Waals surface area contributed by atoms with Gasteiger partial charge in [0.25, 0.3) is 5.91 Å². The zero-order valence-electron chi connectivity index (χ0n) is 16.3. The second kappa shape index (κ2) is 8.56. The lowest BCUT2D eigenvalue weighted by Gasteiger charge is -2.07. The van der Waals surface area contributed by atoms with Gasteiger partial charge in [-0.05, 0) is 30.5 Å². The van der Waals surface area contributed by atoms with Gasteiger partial charge in [0.2, 0.25) is 0 Å². The fraction of sp³-hybridized carbons (Fsp3) is 0.174. The third-order valence-corrected chi connectivity index (χ3v) is 4.80. The number of benzene rings is 2. The lowest BCUT2D eigenvalue weighted by Crippen LogP contribution is -2.26. The number of H-pyrrole nitrogens is 1. The third kappa shape index (κ3) is 4.60. The number of amides is 1. The van der Waals surface area contributed by atoms with Gasteiger partial charge in [0.05, 0.1) is 12.4 Å². The first-order chi connectivity index (χ1) is 14.2. The molecule has 2 aromatic carbocycles. The number of aromatic nitrogens is 3. The molecule has 146 valence electrons. The highest BCUT2D eigenvalue weighted by Gasteiger charge is 2.09. The molecule has 0 bridgehead atoms. The quantitative estimate of drug-likeness (QED) is 0.451. The van der Waals surface area contributed by atoms with Gasteiger partial charge >= 0.3 is 0 Å². The first kappa shape index (κ1) is 18.7. The Morgan fingerprint density at radius 2 is 1.97 bits per heavy atom. The van der Waals surface area contributed by atoms with E-state index < -0.39 is 0 Å². The van der Waals surface area contributed by atoms with Gasteiger partial charge in [-0.25, -0.2) is 9.97 Å². The predicted octanol–water partition coefficient (Wildman–Crippen LogP) is 3.85. The van der Waals surface area contributed by atoms with E-state index in [2.05, 4.69) is 56.8 Å². The van der Waals surface area contributed by atoms with Crippen LogP contribution in [0.1, 0.15) is 27.2 Å². The molecule has 29 heavy (non-hydrogen) atoms. The van der Waals surface area contributed by atoms with Crippen molar-refractivity contribution in [2.24, 2.45) is 0 Å². The fourth-order valence-corrected chi connectivity index (χ4v) is 3.29. The Balaban J connectivity index is 1.28. The topological polar surface area (TPSA) is 82.7 Å². The van der Waals surface area contributed by atoms with Crippen molar-refractivity contribution in [1.29, 1.82) is 0 Å². The van der Waals surface area contributed by atoms with Crippen LogP contribution in [0.15, 0.2) is 67.1 Å². The molecule has 2 heterocycles. The first-order valence-electron chi connectivity index (χ1n) is 9.64. The van der Waals surface area contributed by atoms with Gasteiger partial charge in [-0.1, -0.05) is 48.0 Å². The highest BCUT2D eigenvalue weighted by Crippen LogP contribution is 2.17. The van der Waals surface area contributed by atoms with Gasteiger partial charge in [-0.15, -0.1) is 0 Å². The number of nitrogens with zero attached hydrogens (tertiary/aromatic N) is 2. The maximum absolute atomic E-state index is 12.3. The van der Waals surface area contributed by atoms with Gasteiger partial charge in [0.15, 0.2) is 0 Å². The van der Waals surface area contributed by atoms with E-state index >= 15 is 0 Å². The summed E-state index contributed by atoms with van der Waals surface area (Å²) in [5.74, 6) is 0.421. The van der Waals surface area contributed by atoms with Crippen molar-refractivity contribution in [2.75, 3.05) is 11.9 Å². The lowest BCUT2D eigenvalue weighted by molar-refractivity contribution is 0.0949. The molecule has 6 heteroatoms. The van der Waals surface area contributed by atoms with Gasteiger partial charge in [0.1, 0.15) is 11.5 Å². The second-order valence-corrected chi connectivity index (χ2v) is 6.99.